The smallest absolute Gasteiger partial charge is 0.0351 e. The molecule has 18 heavy (non-hydrogen) atoms. The van der Waals surface area contributed by atoms with E-state index in [4.69, 9.17) is 0 Å². The third-order valence-corrected chi connectivity index (χ3v) is 3.42. The largest absolute Gasteiger partial charge is 0.103 e. The van der Waals surface area contributed by atoms with Crippen LogP contribution in [0.3, 0.4) is 0 Å². The summed E-state index contributed by atoms with van der Waals surface area (Å²) in [6, 6.07) is 0. The van der Waals surface area contributed by atoms with Gasteiger partial charge in [0, 0.05) is 0 Å². The highest BCUT2D eigenvalue weighted by molar-refractivity contribution is 4.81. The van der Waals surface area contributed by atoms with Gasteiger partial charge < -0.3 is 0 Å². The van der Waals surface area contributed by atoms with Crippen molar-refractivity contribution in [3.63, 3.8) is 0 Å². The molecule has 106 valence electrons. The Hall–Kier alpha value is -0.520. The molecule has 0 aliphatic rings. The number of hydrogen-bond donors (Lipinski definition) is 0. The Bertz CT molecular complexity index is 178. The molecular formula is C18H34. The highest BCUT2D eigenvalue weighted by Gasteiger charge is 1.89. The van der Waals surface area contributed by atoms with E-state index in [-0.39, 0.29) is 0 Å². The van der Waals surface area contributed by atoms with Crippen molar-refractivity contribution >= 4 is 0 Å². The van der Waals surface area contributed by atoms with Gasteiger partial charge in [-0.2, -0.15) is 0 Å². The lowest BCUT2D eigenvalue weighted by atomic mass is 10.1. The summed E-state index contributed by atoms with van der Waals surface area (Å²) in [7, 11) is 0. The average Bonchev–Trinajstić information content (AvgIpc) is 2.39. The quantitative estimate of drug-likeness (QED) is 0.234. The Morgan fingerprint density at radius 3 is 1.56 bits per heavy atom. The van der Waals surface area contributed by atoms with E-state index in [1.807, 2.05) is 6.08 Å². The van der Waals surface area contributed by atoms with Gasteiger partial charge in [0.15, 0.2) is 0 Å². The fourth-order valence-corrected chi connectivity index (χ4v) is 2.18. The zero-order valence-electron chi connectivity index (χ0n) is 12.6. The first-order chi connectivity index (χ1) is 8.91. The van der Waals surface area contributed by atoms with Gasteiger partial charge in [-0.05, 0) is 38.5 Å². The fourth-order valence-electron chi connectivity index (χ4n) is 2.18. The van der Waals surface area contributed by atoms with Gasteiger partial charge in [-0.15, -0.1) is 6.58 Å². The lowest BCUT2D eigenvalue weighted by molar-refractivity contribution is 0.620. The molecule has 0 bridgehead atoms. The van der Waals surface area contributed by atoms with Crippen LogP contribution in [0.15, 0.2) is 24.8 Å². The lowest BCUT2D eigenvalue weighted by Gasteiger charge is -1.98. The maximum atomic E-state index is 3.75. The molecule has 0 nitrogen and oxygen atoms in total. The van der Waals surface area contributed by atoms with Crippen molar-refractivity contribution < 1.29 is 0 Å². The minimum absolute atomic E-state index is 1.19. The summed E-state index contributed by atoms with van der Waals surface area (Å²) in [5, 5.41) is 0. The van der Waals surface area contributed by atoms with Crippen molar-refractivity contribution in [2.75, 3.05) is 0 Å². The summed E-state index contributed by atoms with van der Waals surface area (Å²) in [6.07, 6.45) is 24.5. The lowest BCUT2D eigenvalue weighted by Crippen LogP contribution is -1.78. The van der Waals surface area contributed by atoms with Gasteiger partial charge in [-0.25, -0.2) is 0 Å². The molecule has 0 atom stereocenters. The predicted octanol–water partition coefficient (Wildman–Crippen LogP) is 6.82. The summed E-state index contributed by atoms with van der Waals surface area (Å²) in [5.74, 6) is 0. The van der Waals surface area contributed by atoms with Crippen molar-refractivity contribution in [2.45, 2.75) is 90.4 Å². The summed E-state index contributed by atoms with van der Waals surface area (Å²) >= 11 is 0. The molecule has 0 aromatic carbocycles. The topological polar surface area (TPSA) is 0 Å². The first-order valence-corrected chi connectivity index (χ1v) is 8.17. The van der Waals surface area contributed by atoms with Crippen molar-refractivity contribution in [2.24, 2.45) is 0 Å². The van der Waals surface area contributed by atoms with Crippen LogP contribution in [-0.4, -0.2) is 0 Å². The van der Waals surface area contributed by atoms with Crippen LogP contribution >= 0.6 is 0 Å². The van der Waals surface area contributed by atoms with Crippen LogP contribution in [0.5, 0.6) is 0 Å². The zero-order chi connectivity index (χ0) is 13.3. The third kappa shape index (κ3) is 15.5. The van der Waals surface area contributed by atoms with Crippen LogP contribution in [0.4, 0.5) is 0 Å². The highest BCUT2D eigenvalue weighted by atomic mass is 14.0. The van der Waals surface area contributed by atoms with Crippen LogP contribution in [0.25, 0.3) is 0 Å². The molecule has 0 saturated carbocycles. The van der Waals surface area contributed by atoms with E-state index in [2.05, 4.69) is 25.7 Å². The molecule has 0 unspecified atom stereocenters. The molecule has 0 amide bonds. The molecule has 0 fully saturated rings. The summed E-state index contributed by atoms with van der Waals surface area (Å²) in [5.41, 5.74) is 0. The van der Waals surface area contributed by atoms with Crippen LogP contribution in [0.1, 0.15) is 90.4 Å². The van der Waals surface area contributed by atoms with E-state index in [0.29, 0.717) is 0 Å². The SMILES string of the molecule is C=CCCCCCCCC=CCCCCCCC. The van der Waals surface area contributed by atoms with Gasteiger partial charge >= 0.3 is 0 Å². The van der Waals surface area contributed by atoms with Crippen molar-refractivity contribution in [3.05, 3.63) is 24.8 Å². The number of unbranched alkanes of at least 4 members (excludes halogenated alkanes) is 11. The molecule has 0 aliphatic carbocycles. The molecule has 0 spiro atoms. The molecule has 0 saturated heterocycles. The van der Waals surface area contributed by atoms with Crippen LogP contribution in [0, 0.1) is 0 Å². The summed E-state index contributed by atoms with van der Waals surface area (Å²) in [4.78, 5) is 0. The molecule has 0 aliphatic heterocycles. The highest BCUT2D eigenvalue weighted by Crippen LogP contribution is 2.09. The van der Waals surface area contributed by atoms with Crippen molar-refractivity contribution in [1.29, 1.82) is 0 Å². The summed E-state index contributed by atoms with van der Waals surface area (Å²) in [6.45, 7) is 6.03. The molecule has 0 rings (SSSR count). The number of rotatable bonds is 14. The maximum absolute atomic E-state index is 3.75. The van der Waals surface area contributed by atoms with Gasteiger partial charge in [0.2, 0.25) is 0 Å². The average molecular weight is 250 g/mol. The molecule has 0 aromatic heterocycles. The van der Waals surface area contributed by atoms with E-state index in [0.717, 1.165) is 0 Å². The minimum Gasteiger partial charge on any atom is -0.103 e. The van der Waals surface area contributed by atoms with Gasteiger partial charge in [0.05, 0.1) is 0 Å². The Balaban J connectivity index is 3.02. The van der Waals surface area contributed by atoms with E-state index in [9.17, 15) is 0 Å². The summed E-state index contributed by atoms with van der Waals surface area (Å²) < 4.78 is 0. The predicted molar refractivity (Wildman–Crippen MR) is 85.0 cm³/mol. The van der Waals surface area contributed by atoms with Crippen LogP contribution < -0.4 is 0 Å². The Morgan fingerprint density at radius 2 is 1.06 bits per heavy atom. The van der Waals surface area contributed by atoms with Gasteiger partial charge in [-0.1, -0.05) is 70.1 Å². The first-order valence-electron chi connectivity index (χ1n) is 8.17. The zero-order valence-corrected chi connectivity index (χ0v) is 12.6. The van der Waals surface area contributed by atoms with Crippen LogP contribution in [0.2, 0.25) is 0 Å². The molecule has 0 N–H and O–H groups in total. The Kier molecular flexibility index (Phi) is 16.0. The first kappa shape index (κ1) is 17.5. The fraction of sp³-hybridized carbons (Fsp3) is 0.778. The molecule has 0 radical (unpaired) electrons. The molecule has 0 aromatic rings. The molecular weight excluding hydrogens is 216 g/mol. The van der Waals surface area contributed by atoms with Gasteiger partial charge in [-0.3, -0.25) is 0 Å². The second-order valence-corrected chi connectivity index (χ2v) is 5.31. The van der Waals surface area contributed by atoms with Gasteiger partial charge in [0.25, 0.3) is 0 Å². The van der Waals surface area contributed by atoms with Gasteiger partial charge in [0.1, 0.15) is 0 Å². The minimum atomic E-state index is 1.19. The Labute approximate surface area is 116 Å². The molecule has 0 heterocycles. The van der Waals surface area contributed by atoms with Crippen LogP contribution in [-0.2, 0) is 0 Å². The molecule has 0 heteroatoms. The van der Waals surface area contributed by atoms with E-state index >= 15 is 0 Å². The van der Waals surface area contributed by atoms with Crippen molar-refractivity contribution in [1.82, 2.24) is 0 Å². The standard InChI is InChI=1S/C18H34/c1-3-5-7-9-11-13-15-17-18-16-14-12-10-8-6-4-2/h3,16,18H,1,4-15,17H2,2H3. The Morgan fingerprint density at radius 1 is 0.611 bits per heavy atom. The normalized spacial score (nSPS) is 11.2. The number of hydrogen-bond acceptors (Lipinski definition) is 0. The van der Waals surface area contributed by atoms with Crippen molar-refractivity contribution in [3.8, 4) is 0 Å². The number of allylic oxidation sites excluding steroid dienone is 3. The maximum Gasteiger partial charge on any atom is -0.0351 e. The van der Waals surface area contributed by atoms with E-state index < -0.39 is 0 Å². The van der Waals surface area contributed by atoms with E-state index in [1.165, 1.54) is 83.5 Å². The second-order valence-electron chi connectivity index (χ2n) is 5.31. The second kappa shape index (κ2) is 16.5. The monoisotopic (exact) mass is 250 g/mol. The van der Waals surface area contributed by atoms with E-state index in [1.54, 1.807) is 0 Å². The third-order valence-electron chi connectivity index (χ3n) is 3.42.